The lowest BCUT2D eigenvalue weighted by Gasteiger charge is -2.26. The minimum absolute atomic E-state index is 0.0965. The molecule has 0 radical (unpaired) electrons. The molecule has 0 saturated heterocycles. The molecular weight excluding hydrogens is 228 g/mol. The average molecular weight is 254 g/mol. The molecule has 0 aromatic heterocycles. The molecule has 0 aromatic rings. The van der Waals surface area contributed by atoms with Gasteiger partial charge in [0.05, 0.1) is 6.61 Å². The minimum atomic E-state index is -0.158. The maximum atomic E-state index is 11.9. The molecular formula is C14H26N2O2. The fraction of sp³-hybridized carbons (Fsp3) is 0.929. The van der Waals surface area contributed by atoms with Crippen molar-refractivity contribution in [3.63, 3.8) is 0 Å². The number of carbonyl (C=O) groups excluding carboxylic acids is 1. The smallest absolute Gasteiger partial charge is 0.324 e. The number of hydrogen-bond donors (Lipinski definition) is 1. The number of likely N-dealkylation sites (N-methyl/N-ethyl adjacent to an activating group) is 1. The summed E-state index contributed by atoms with van der Waals surface area (Å²) in [6.45, 7) is 7.16. The molecule has 1 atom stereocenters. The lowest BCUT2D eigenvalue weighted by Crippen LogP contribution is -2.48. The summed E-state index contributed by atoms with van der Waals surface area (Å²) in [4.78, 5) is 14.4. The molecule has 2 rings (SSSR count). The molecule has 4 nitrogen and oxygen atoms in total. The zero-order valence-corrected chi connectivity index (χ0v) is 11.7. The summed E-state index contributed by atoms with van der Waals surface area (Å²) in [6.07, 6.45) is 5.34. The van der Waals surface area contributed by atoms with E-state index in [1.165, 1.54) is 32.2 Å². The van der Waals surface area contributed by atoms with Crippen LogP contribution in [0.1, 0.15) is 39.5 Å². The number of ether oxygens (including phenoxy) is 1. The van der Waals surface area contributed by atoms with Crippen LogP contribution in [-0.2, 0) is 9.53 Å². The second-order valence-corrected chi connectivity index (χ2v) is 5.49. The Morgan fingerprint density at radius 1 is 1.33 bits per heavy atom. The third-order valence-corrected chi connectivity index (χ3v) is 3.69. The van der Waals surface area contributed by atoms with Crippen molar-refractivity contribution in [1.29, 1.82) is 0 Å². The highest BCUT2D eigenvalue weighted by Gasteiger charge is 2.36. The van der Waals surface area contributed by atoms with E-state index in [1.807, 2.05) is 13.8 Å². The first-order chi connectivity index (χ1) is 8.74. The lowest BCUT2D eigenvalue weighted by molar-refractivity contribution is -0.146. The standard InChI is InChI=1S/C14H26N2O2/c1-3-15-13(14(17)18-4-2)10-16(12-7-8-12)9-11-5-6-11/h11-13,15H,3-10H2,1-2H3. The van der Waals surface area contributed by atoms with Gasteiger partial charge in [-0.25, -0.2) is 0 Å². The molecule has 2 aliphatic rings. The van der Waals surface area contributed by atoms with Crippen LogP contribution in [0, 0.1) is 5.92 Å². The number of nitrogens with zero attached hydrogens (tertiary/aromatic N) is 1. The van der Waals surface area contributed by atoms with Crippen LogP contribution in [0.5, 0.6) is 0 Å². The van der Waals surface area contributed by atoms with E-state index in [-0.39, 0.29) is 12.0 Å². The summed E-state index contributed by atoms with van der Waals surface area (Å²) in [5.41, 5.74) is 0. The molecule has 0 heterocycles. The molecule has 0 aromatic carbocycles. The second-order valence-electron chi connectivity index (χ2n) is 5.49. The SMILES string of the molecule is CCNC(CN(CC1CC1)C1CC1)C(=O)OCC. The van der Waals surface area contributed by atoms with Crippen LogP contribution < -0.4 is 5.32 Å². The number of rotatable bonds is 9. The van der Waals surface area contributed by atoms with Gasteiger partial charge in [0.2, 0.25) is 0 Å². The maximum Gasteiger partial charge on any atom is 0.324 e. The first-order valence-electron chi connectivity index (χ1n) is 7.38. The zero-order valence-electron chi connectivity index (χ0n) is 11.7. The molecule has 104 valence electrons. The Hall–Kier alpha value is -0.610. The Morgan fingerprint density at radius 2 is 2.06 bits per heavy atom. The molecule has 18 heavy (non-hydrogen) atoms. The summed E-state index contributed by atoms with van der Waals surface area (Å²) in [5.74, 6) is 0.788. The van der Waals surface area contributed by atoms with Crippen molar-refractivity contribution in [3.8, 4) is 0 Å². The summed E-state index contributed by atoms with van der Waals surface area (Å²) in [6, 6.07) is 0.565. The van der Waals surface area contributed by atoms with E-state index in [9.17, 15) is 4.79 Å². The van der Waals surface area contributed by atoms with Crippen molar-refractivity contribution >= 4 is 5.97 Å². The lowest BCUT2D eigenvalue weighted by atomic mass is 10.2. The molecule has 2 saturated carbocycles. The van der Waals surface area contributed by atoms with Gasteiger partial charge < -0.3 is 10.1 Å². The second kappa shape index (κ2) is 6.53. The van der Waals surface area contributed by atoms with Crippen LogP contribution in [0.3, 0.4) is 0 Å². The quantitative estimate of drug-likeness (QED) is 0.632. The minimum Gasteiger partial charge on any atom is -0.465 e. The van der Waals surface area contributed by atoms with Gasteiger partial charge in [-0.3, -0.25) is 9.69 Å². The van der Waals surface area contributed by atoms with E-state index in [2.05, 4.69) is 10.2 Å². The van der Waals surface area contributed by atoms with Crippen molar-refractivity contribution in [2.24, 2.45) is 5.92 Å². The predicted octanol–water partition coefficient (Wildman–Crippen LogP) is 1.40. The van der Waals surface area contributed by atoms with Gasteiger partial charge in [-0.2, -0.15) is 0 Å². The van der Waals surface area contributed by atoms with Gasteiger partial charge in [0.25, 0.3) is 0 Å². The van der Waals surface area contributed by atoms with E-state index in [4.69, 9.17) is 4.74 Å². The molecule has 2 aliphatic carbocycles. The Morgan fingerprint density at radius 3 is 2.56 bits per heavy atom. The molecule has 1 unspecified atom stereocenters. The highest BCUT2D eigenvalue weighted by Crippen LogP contribution is 2.34. The van der Waals surface area contributed by atoms with E-state index >= 15 is 0 Å². The molecule has 2 fully saturated rings. The molecule has 0 amide bonds. The molecule has 0 bridgehead atoms. The number of carbonyl (C=O) groups is 1. The van der Waals surface area contributed by atoms with Gasteiger partial charge in [0.15, 0.2) is 0 Å². The first-order valence-corrected chi connectivity index (χ1v) is 7.38. The van der Waals surface area contributed by atoms with Crippen molar-refractivity contribution in [3.05, 3.63) is 0 Å². The van der Waals surface area contributed by atoms with Crippen LogP contribution in [0.25, 0.3) is 0 Å². The van der Waals surface area contributed by atoms with E-state index in [0.717, 1.165) is 25.0 Å². The topological polar surface area (TPSA) is 41.6 Å². The van der Waals surface area contributed by atoms with Crippen LogP contribution >= 0.6 is 0 Å². The van der Waals surface area contributed by atoms with Crippen molar-refractivity contribution < 1.29 is 9.53 Å². The number of esters is 1. The fourth-order valence-electron chi connectivity index (χ4n) is 2.39. The van der Waals surface area contributed by atoms with Gasteiger partial charge in [-0.05, 0) is 45.1 Å². The van der Waals surface area contributed by atoms with Crippen LogP contribution in [-0.4, -0.2) is 49.2 Å². The summed E-state index contributed by atoms with van der Waals surface area (Å²) >= 11 is 0. The van der Waals surface area contributed by atoms with E-state index < -0.39 is 0 Å². The fourth-order valence-corrected chi connectivity index (χ4v) is 2.39. The van der Waals surface area contributed by atoms with Crippen LogP contribution in [0.2, 0.25) is 0 Å². The summed E-state index contributed by atoms with van der Waals surface area (Å²) < 4.78 is 5.15. The third kappa shape index (κ3) is 4.25. The van der Waals surface area contributed by atoms with Gasteiger partial charge in [0.1, 0.15) is 6.04 Å². The van der Waals surface area contributed by atoms with E-state index in [1.54, 1.807) is 0 Å². The number of hydrogen-bond acceptors (Lipinski definition) is 4. The molecule has 4 heteroatoms. The van der Waals surface area contributed by atoms with Gasteiger partial charge in [-0.1, -0.05) is 6.92 Å². The highest BCUT2D eigenvalue weighted by molar-refractivity contribution is 5.76. The average Bonchev–Trinajstić information content (AvgIpc) is 3.20. The monoisotopic (exact) mass is 254 g/mol. The predicted molar refractivity (Wildman–Crippen MR) is 71.4 cm³/mol. The highest BCUT2D eigenvalue weighted by atomic mass is 16.5. The maximum absolute atomic E-state index is 11.9. The van der Waals surface area contributed by atoms with Gasteiger partial charge >= 0.3 is 5.97 Å². The van der Waals surface area contributed by atoms with E-state index in [0.29, 0.717) is 6.61 Å². The molecule has 0 spiro atoms. The Balaban J connectivity index is 1.85. The molecule has 1 N–H and O–H groups in total. The Kier molecular flexibility index (Phi) is 5.01. The largest absolute Gasteiger partial charge is 0.465 e. The summed E-state index contributed by atoms with van der Waals surface area (Å²) in [5, 5.41) is 3.26. The van der Waals surface area contributed by atoms with Crippen LogP contribution in [0.4, 0.5) is 0 Å². The Labute approximate surface area is 110 Å². The first kappa shape index (κ1) is 13.8. The van der Waals surface area contributed by atoms with Gasteiger partial charge in [-0.15, -0.1) is 0 Å². The zero-order chi connectivity index (χ0) is 13.0. The van der Waals surface area contributed by atoms with Crippen molar-refractivity contribution in [1.82, 2.24) is 10.2 Å². The van der Waals surface area contributed by atoms with Crippen LogP contribution in [0.15, 0.2) is 0 Å². The number of nitrogens with one attached hydrogen (secondary N) is 1. The van der Waals surface area contributed by atoms with Gasteiger partial charge in [0, 0.05) is 19.1 Å². The van der Waals surface area contributed by atoms with Crippen molar-refractivity contribution in [2.75, 3.05) is 26.2 Å². The van der Waals surface area contributed by atoms with Crippen molar-refractivity contribution in [2.45, 2.75) is 51.6 Å². The molecule has 0 aliphatic heterocycles. The third-order valence-electron chi connectivity index (χ3n) is 3.69. The Bertz CT molecular complexity index is 275. The summed E-state index contributed by atoms with van der Waals surface area (Å²) in [7, 11) is 0. The normalized spacial score (nSPS) is 21.1.